The first kappa shape index (κ1) is 19.5. The minimum atomic E-state index is -2.79. The van der Waals surface area contributed by atoms with Gasteiger partial charge in [-0.2, -0.15) is 0 Å². The zero-order valence-corrected chi connectivity index (χ0v) is 15.4. The van der Waals surface area contributed by atoms with E-state index in [9.17, 15) is 26.4 Å². The maximum Gasteiger partial charge on any atom is 0.201 e. The van der Waals surface area contributed by atoms with E-state index in [-0.39, 0.29) is 30.5 Å². The molecule has 0 spiro atoms. The maximum atomic E-state index is 14.7. The average Bonchev–Trinajstić information content (AvgIpc) is 3.10. The van der Waals surface area contributed by atoms with Gasteiger partial charge in [-0.15, -0.1) is 11.3 Å². The van der Waals surface area contributed by atoms with E-state index in [0.717, 1.165) is 0 Å². The summed E-state index contributed by atoms with van der Waals surface area (Å²) in [6.45, 7) is 0.0163. The number of rotatable bonds is 7. The summed E-state index contributed by atoms with van der Waals surface area (Å²) in [7, 11) is -2.79. The molecule has 142 valence electrons. The quantitative estimate of drug-likeness (QED) is 0.270. The molecule has 0 unspecified atom stereocenters. The topological polar surface area (TPSA) is 76.1 Å². The van der Waals surface area contributed by atoms with E-state index in [2.05, 4.69) is 9.71 Å². The Bertz CT molecular complexity index is 1090. The van der Waals surface area contributed by atoms with Gasteiger partial charge in [0, 0.05) is 12.1 Å². The van der Waals surface area contributed by atoms with Gasteiger partial charge in [0.2, 0.25) is 10.9 Å². The summed E-state index contributed by atoms with van der Waals surface area (Å²) in [6, 6.07) is 5.06. The lowest BCUT2D eigenvalue weighted by atomic mass is 9.97. The second-order valence-electron chi connectivity index (χ2n) is 5.65. The van der Waals surface area contributed by atoms with E-state index in [0.29, 0.717) is 16.3 Å². The molecule has 0 fully saturated rings. The van der Waals surface area contributed by atoms with Crippen LogP contribution in [0.5, 0.6) is 0 Å². The van der Waals surface area contributed by atoms with Gasteiger partial charge in [0.15, 0.2) is 17.4 Å². The van der Waals surface area contributed by atoms with Gasteiger partial charge < -0.3 is 0 Å². The maximum absolute atomic E-state index is 14.7. The number of benzene rings is 2. The predicted molar refractivity (Wildman–Crippen MR) is 96.0 cm³/mol. The van der Waals surface area contributed by atoms with Gasteiger partial charge in [0.05, 0.1) is 21.3 Å². The number of aromatic nitrogens is 1. The summed E-state index contributed by atoms with van der Waals surface area (Å²) in [5, 5.41) is 0. The number of hydrogen-bond acceptors (Lipinski definition) is 5. The zero-order valence-electron chi connectivity index (χ0n) is 13.7. The van der Waals surface area contributed by atoms with Crippen molar-refractivity contribution in [2.24, 2.45) is 0 Å². The van der Waals surface area contributed by atoms with E-state index >= 15 is 0 Å². The van der Waals surface area contributed by atoms with E-state index < -0.39 is 39.7 Å². The van der Waals surface area contributed by atoms with Crippen LogP contribution in [-0.4, -0.2) is 25.7 Å². The largest absolute Gasteiger partial charge is 0.288 e. The molecule has 10 heteroatoms. The van der Waals surface area contributed by atoms with Crippen molar-refractivity contribution >= 4 is 38.2 Å². The predicted octanol–water partition coefficient (Wildman–Crippen LogP) is 2.99. The number of nitrogens with zero attached hydrogens (tertiary/aromatic N) is 1. The van der Waals surface area contributed by atoms with Crippen LogP contribution in [0.4, 0.5) is 13.2 Å². The molecular weight excluding hydrogens is 401 g/mol. The lowest BCUT2D eigenvalue weighted by Crippen LogP contribution is -2.15. The number of carbonyl (C=O) groups excluding carboxylic acids is 1. The van der Waals surface area contributed by atoms with Gasteiger partial charge >= 0.3 is 0 Å². The molecule has 1 N–H and O–H groups in total. The third-order valence-electron chi connectivity index (χ3n) is 3.92. The second-order valence-corrected chi connectivity index (χ2v) is 7.37. The third kappa shape index (κ3) is 4.18. The fourth-order valence-corrected chi connectivity index (χ4v) is 3.68. The fraction of sp³-hybridized carbons (Fsp3) is 0.176. The van der Waals surface area contributed by atoms with Crippen molar-refractivity contribution in [2.75, 3.05) is 6.54 Å². The highest BCUT2D eigenvalue weighted by molar-refractivity contribution is 7.70. The first-order valence-electron chi connectivity index (χ1n) is 7.80. The number of aryl methyl sites for hydroxylation is 1. The van der Waals surface area contributed by atoms with Crippen molar-refractivity contribution in [1.29, 1.82) is 0 Å². The SMILES string of the molecule is O=C(c1ccc2ncsc2c1)c1c(F)c(F)cc(CCCN[SH](=O)=O)c1F. The molecule has 5 nitrogen and oxygen atoms in total. The molecule has 0 bridgehead atoms. The van der Waals surface area contributed by atoms with Crippen molar-refractivity contribution in [3.63, 3.8) is 0 Å². The second kappa shape index (κ2) is 8.15. The number of halogens is 3. The molecule has 0 atom stereocenters. The van der Waals surface area contributed by atoms with Crippen LogP contribution in [0.1, 0.15) is 27.9 Å². The number of carbonyl (C=O) groups is 1. The Hall–Kier alpha value is -2.30. The van der Waals surface area contributed by atoms with E-state index in [1.165, 1.54) is 23.5 Å². The Morgan fingerprint density at radius 2 is 1.93 bits per heavy atom. The molecule has 0 aliphatic heterocycles. The molecule has 3 aromatic rings. The Balaban J connectivity index is 1.94. The van der Waals surface area contributed by atoms with Crippen LogP contribution in [0.15, 0.2) is 29.8 Å². The first-order valence-corrected chi connectivity index (χ1v) is 9.86. The van der Waals surface area contributed by atoms with Crippen molar-refractivity contribution < 1.29 is 26.4 Å². The van der Waals surface area contributed by atoms with Crippen molar-refractivity contribution in [3.8, 4) is 0 Å². The Morgan fingerprint density at radius 1 is 1.15 bits per heavy atom. The third-order valence-corrected chi connectivity index (χ3v) is 5.19. The van der Waals surface area contributed by atoms with Crippen LogP contribution in [0.3, 0.4) is 0 Å². The van der Waals surface area contributed by atoms with Crippen LogP contribution in [-0.2, 0) is 17.3 Å². The molecule has 27 heavy (non-hydrogen) atoms. The van der Waals surface area contributed by atoms with Crippen molar-refractivity contribution in [1.82, 2.24) is 9.71 Å². The number of thiol groups is 1. The molecular formula is C17H13F3N2O3S2. The highest BCUT2D eigenvalue weighted by atomic mass is 32.2. The highest BCUT2D eigenvalue weighted by Gasteiger charge is 2.25. The summed E-state index contributed by atoms with van der Waals surface area (Å²) in [6.07, 6.45) is 0.0964. The minimum Gasteiger partial charge on any atom is -0.288 e. The van der Waals surface area contributed by atoms with Gasteiger partial charge in [-0.25, -0.2) is 31.3 Å². The molecule has 0 radical (unpaired) electrons. The van der Waals surface area contributed by atoms with Crippen LogP contribution in [0.25, 0.3) is 10.2 Å². The molecule has 0 saturated heterocycles. The average molecular weight is 414 g/mol. The molecule has 0 aliphatic rings. The smallest absolute Gasteiger partial charge is 0.201 e. The number of fused-ring (bicyclic) bond motifs is 1. The Kier molecular flexibility index (Phi) is 5.88. The highest BCUT2D eigenvalue weighted by Crippen LogP contribution is 2.26. The lowest BCUT2D eigenvalue weighted by Gasteiger charge is -2.10. The zero-order chi connectivity index (χ0) is 19.6. The molecule has 0 amide bonds. The summed E-state index contributed by atoms with van der Waals surface area (Å²) in [4.78, 5) is 16.7. The molecule has 0 aliphatic carbocycles. The summed E-state index contributed by atoms with van der Waals surface area (Å²) < 4.78 is 66.5. The normalized spacial score (nSPS) is 11.4. The Morgan fingerprint density at radius 3 is 2.67 bits per heavy atom. The van der Waals surface area contributed by atoms with Crippen LogP contribution < -0.4 is 4.72 Å². The fourth-order valence-electron chi connectivity index (χ4n) is 2.63. The van der Waals surface area contributed by atoms with Crippen molar-refractivity contribution in [2.45, 2.75) is 12.8 Å². The van der Waals surface area contributed by atoms with Crippen LogP contribution in [0.2, 0.25) is 0 Å². The van der Waals surface area contributed by atoms with E-state index in [1.807, 2.05) is 0 Å². The van der Waals surface area contributed by atoms with Gasteiger partial charge in [-0.3, -0.25) is 4.79 Å². The van der Waals surface area contributed by atoms with Crippen molar-refractivity contribution in [3.05, 3.63) is 63.9 Å². The summed E-state index contributed by atoms with van der Waals surface area (Å²) in [5.41, 5.74) is 1.08. The van der Waals surface area contributed by atoms with E-state index in [4.69, 9.17) is 0 Å². The standard InChI is InChI=1S/C17H13F3N2O3S2/c18-11-6-9(2-1-5-22-27(24)25)15(19)14(16(11)20)17(23)10-3-4-12-13(7-10)26-8-21-12/h3-4,6-8,27H,1-2,5H2,(H,22,24,25). The number of hydrogen-bond donors (Lipinski definition) is 2. The number of nitrogens with one attached hydrogen (secondary N) is 1. The summed E-state index contributed by atoms with van der Waals surface area (Å²) >= 11 is 1.26. The monoisotopic (exact) mass is 414 g/mol. The minimum absolute atomic E-state index is 0.0163. The van der Waals surface area contributed by atoms with E-state index in [1.54, 1.807) is 11.6 Å². The lowest BCUT2D eigenvalue weighted by molar-refractivity contribution is 0.103. The molecule has 2 aromatic carbocycles. The number of thiazole rings is 1. The van der Waals surface area contributed by atoms with Gasteiger partial charge in [-0.05, 0) is 42.7 Å². The molecule has 1 aromatic heterocycles. The van der Waals surface area contributed by atoms with Gasteiger partial charge in [-0.1, -0.05) is 0 Å². The van der Waals surface area contributed by atoms with Gasteiger partial charge in [0.1, 0.15) is 5.82 Å². The Labute approximate surface area is 157 Å². The molecule has 1 heterocycles. The van der Waals surface area contributed by atoms with Gasteiger partial charge in [0.25, 0.3) is 0 Å². The van der Waals surface area contributed by atoms with Crippen LogP contribution >= 0.6 is 11.3 Å². The number of ketones is 1. The molecule has 3 rings (SSSR count). The molecule has 0 saturated carbocycles. The first-order chi connectivity index (χ1) is 12.9. The summed E-state index contributed by atoms with van der Waals surface area (Å²) in [5.74, 6) is -5.00. The van der Waals surface area contributed by atoms with Crippen LogP contribution in [0, 0.1) is 17.5 Å².